The lowest BCUT2D eigenvalue weighted by Gasteiger charge is -2.09. The smallest absolute Gasteiger partial charge is 0.341 e. The molecule has 0 aliphatic heterocycles. The average Bonchev–Trinajstić information content (AvgIpc) is 2.98. The van der Waals surface area contributed by atoms with Gasteiger partial charge in [0.1, 0.15) is 5.56 Å². The molecule has 0 N–H and O–H groups in total. The molecule has 1 aromatic carbocycles. The largest absolute Gasteiger partial charge is 0.462 e. The SMILES string of the molecule is CCOC(=O)c1cnn(-c2ccc3nc(C)ccc3c2)c1CC. The maximum absolute atomic E-state index is 12.0. The molecule has 0 aliphatic rings. The Hall–Kier alpha value is -2.69. The second kappa shape index (κ2) is 6.20. The fourth-order valence-corrected chi connectivity index (χ4v) is 2.66. The minimum Gasteiger partial charge on any atom is -0.462 e. The van der Waals surface area contributed by atoms with Crippen LogP contribution in [0.15, 0.2) is 36.5 Å². The Morgan fingerprint density at radius 3 is 2.78 bits per heavy atom. The van der Waals surface area contributed by atoms with Gasteiger partial charge in [0, 0.05) is 11.1 Å². The molecule has 5 nitrogen and oxygen atoms in total. The number of rotatable bonds is 4. The van der Waals surface area contributed by atoms with Gasteiger partial charge < -0.3 is 4.74 Å². The predicted octanol–water partition coefficient (Wildman–Crippen LogP) is 3.47. The third-order valence-electron chi connectivity index (χ3n) is 3.76. The van der Waals surface area contributed by atoms with Crippen molar-refractivity contribution in [2.24, 2.45) is 0 Å². The third-order valence-corrected chi connectivity index (χ3v) is 3.76. The van der Waals surface area contributed by atoms with Gasteiger partial charge in [-0.3, -0.25) is 4.98 Å². The summed E-state index contributed by atoms with van der Waals surface area (Å²) in [5.74, 6) is -0.325. The Bertz CT molecular complexity index is 868. The number of benzene rings is 1. The van der Waals surface area contributed by atoms with Gasteiger partial charge >= 0.3 is 5.97 Å². The number of hydrogen-bond donors (Lipinski definition) is 0. The van der Waals surface area contributed by atoms with Crippen molar-refractivity contribution in [3.63, 3.8) is 0 Å². The molecular formula is C18H19N3O2. The van der Waals surface area contributed by atoms with E-state index in [1.165, 1.54) is 0 Å². The summed E-state index contributed by atoms with van der Waals surface area (Å²) in [4.78, 5) is 16.5. The predicted molar refractivity (Wildman–Crippen MR) is 88.9 cm³/mol. The van der Waals surface area contributed by atoms with E-state index in [1.807, 2.05) is 44.2 Å². The van der Waals surface area contributed by atoms with Crippen molar-refractivity contribution in [1.82, 2.24) is 14.8 Å². The van der Waals surface area contributed by atoms with Gasteiger partial charge in [0.25, 0.3) is 0 Å². The summed E-state index contributed by atoms with van der Waals surface area (Å²) in [6, 6.07) is 10.0. The topological polar surface area (TPSA) is 57.0 Å². The van der Waals surface area contributed by atoms with E-state index in [9.17, 15) is 4.79 Å². The molecule has 3 aromatic rings. The standard InChI is InChI=1S/C18H19N3O2/c1-4-17-15(18(22)23-5-2)11-19-21(17)14-8-9-16-13(10-14)7-6-12(3)20-16/h6-11H,4-5H2,1-3H3. The van der Waals surface area contributed by atoms with Crippen LogP contribution >= 0.6 is 0 Å². The summed E-state index contributed by atoms with van der Waals surface area (Å²) in [6.07, 6.45) is 2.27. The second-order valence-electron chi connectivity index (χ2n) is 5.32. The number of hydrogen-bond acceptors (Lipinski definition) is 4. The van der Waals surface area contributed by atoms with Gasteiger partial charge in [0.05, 0.1) is 29.7 Å². The van der Waals surface area contributed by atoms with E-state index in [-0.39, 0.29) is 5.97 Å². The Balaban J connectivity index is 2.08. The van der Waals surface area contributed by atoms with Crippen LogP contribution in [0.5, 0.6) is 0 Å². The van der Waals surface area contributed by atoms with Gasteiger partial charge in [-0.15, -0.1) is 0 Å². The highest BCUT2D eigenvalue weighted by molar-refractivity contribution is 5.90. The zero-order chi connectivity index (χ0) is 16.4. The molecular weight excluding hydrogens is 290 g/mol. The summed E-state index contributed by atoms with van der Waals surface area (Å²) in [5, 5.41) is 5.43. The molecule has 0 fully saturated rings. The van der Waals surface area contributed by atoms with E-state index < -0.39 is 0 Å². The number of aromatic nitrogens is 3. The summed E-state index contributed by atoms with van der Waals surface area (Å²) in [6.45, 7) is 6.13. The van der Waals surface area contributed by atoms with E-state index in [4.69, 9.17) is 4.74 Å². The van der Waals surface area contributed by atoms with Crippen molar-refractivity contribution in [3.05, 3.63) is 53.5 Å². The third kappa shape index (κ3) is 2.82. The molecule has 0 unspecified atom stereocenters. The molecule has 0 spiro atoms. The van der Waals surface area contributed by atoms with E-state index in [2.05, 4.69) is 10.1 Å². The van der Waals surface area contributed by atoms with Crippen LogP contribution < -0.4 is 0 Å². The first-order chi connectivity index (χ1) is 11.1. The highest BCUT2D eigenvalue weighted by Gasteiger charge is 2.18. The van der Waals surface area contributed by atoms with Crippen LogP contribution in [0.2, 0.25) is 0 Å². The Labute approximate surface area is 134 Å². The van der Waals surface area contributed by atoms with Crippen molar-refractivity contribution in [3.8, 4) is 5.69 Å². The molecule has 5 heteroatoms. The zero-order valence-corrected chi connectivity index (χ0v) is 13.5. The van der Waals surface area contributed by atoms with Crippen LogP contribution in [-0.2, 0) is 11.2 Å². The summed E-state index contributed by atoms with van der Waals surface area (Å²) < 4.78 is 6.90. The molecule has 0 saturated carbocycles. The number of pyridine rings is 1. The number of carbonyl (C=O) groups is 1. The van der Waals surface area contributed by atoms with Gasteiger partial charge in [-0.1, -0.05) is 13.0 Å². The normalized spacial score (nSPS) is 10.9. The minimum absolute atomic E-state index is 0.325. The van der Waals surface area contributed by atoms with Crippen LogP contribution in [0.3, 0.4) is 0 Å². The highest BCUT2D eigenvalue weighted by Crippen LogP contribution is 2.21. The van der Waals surface area contributed by atoms with Crippen molar-refractivity contribution in [1.29, 1.82) is 0 Å². The van der Waals surface area contributed by atoms with Crippen molar-refractivity contribution in [2.75, 3.05) is 6.61 Å². The maximum Gasteiger partial charge on any atom is 0.341 e. The Morgan fingerprint density at radius 2 is 2.04 bits per heavy atom. The van der Waals surface area contributed by atoms with Crippen LogP contribution in [0, 0.1) is 6.92 Å². The molecule has 2 aromatic heterocycles. The first kappa shape index (κ1) is 15.2. The average molecular weight is 309 g/mol. The van der Waals surface area contributed by atoms with Crippen molar-refractivity contribution in [2.45, 2.75) is 27.2 Å². The number of fused-ring (bicyclic) bond motifs is 1. The van der Waals surface area contributed by atoms with Crippen LogP contribution in [0.25, 0.3) is 16.6 Å². The number of nitrogens with zero attached hydrogens (tertiary/aromatic N) is 3. The molecule has 0 atom stereocenters. The van der Waals surface area contributed by atoms with Crippen LogP contribution in [0.1, 0.15) is 35.6 Å². The molecule has 0 radical (unpaired) electrons. The number of ether oxygens (including phenoxy) is 1. The summed E-state index contributed by atoms with van der Waals surface area (Å²) >= 11 is 0. The van der Waals surface area contributed by atoms with Gasteiger partial charge in [0.2, 0.25) is 0 Å². The lowest BCUT2D eigenvalue weighted by Crippen LogP contribution is -2.09. The van der Waals surface area contributed by atoms with Crippen LogP contribution in [0.4, 0.5) is 0 Å². The number of carbonyl (C=O) groups excluding carboxylic acids is 1. The number of aryl methyl sites for hydroxylation is 1. The molecule has 0 amide bonds. The molecule has 3 rings (SSSR count). The fourth-order valence-electron chi connectivity index (χ4n) is 2.66. The van der Waals surface area contributed by atoms with Gasteiger partial charge in [-0.2, -0.15) is 5.10 Å². The van der Waals surface area contributed by atoms with Crippen LogP contribution in [-0.4, -0.2) is 27.3 Å². The lowest BCUT2D eigenvalue weighted by molar-refractivity contribution is 0.0525. The first-order valence-corrected chi connectivity index (χ1v) is 7.75. The number of esters is 1. The summed E-state index contributed by atoms with van der Waals surface area (Å²) in [5.41, 5.74) is 4.22. The summed E-state index contributed by atoms with van der Waals surface area (Å²) in [7, 11) is 0. The molecule has 118 valence electrons. The molecule has 0 aliphatic carbocycles. The highest BCUT2D eigenvalue weighted by atomic mass is 16.5. The van der Waals surface area contributed by atoms with Crippen molar-refractivity contribution < 1.29 is 9.53 Å². The monoisotopic (exact) mass is 309 g/mol. The van der Waals surface area contributed by atoms with E-state index >= 15 is 0 Å². The van der Waals surface area contributed by atoms with Gasteiger partial charge in [-0.05, 0) is 44.5 Å². The second-order valence-corrected chi connectivity index (χ2v) is 5.32. The zero-order valence-electron chi connectivity index (χ0n) is 13.5. The Kier molecular flexibility index (Phi) is 4.10. The van der Waals surface area contributed by atoms with Gasteiger partial charge in [0.15, 0.2) is 0 Å². The fraction of sp³-hybridized carbons (Fsp3) is 0.278. The lowest BCUT2D eigenvalue weighted by atomic mass is 10.1. The van der Waals surface area contributed by atoms with E-state index in [1.54, 1.807) is 17.8 Å². The van der Waals surface area contributed by atoms with Gasteiger partial charge in [-0.25, -0.2) is 9.48 Å². The molecule has 0 saturated heterocycles. The maximum atomic E-state index is 12.0. The molecule has 2 heterocycles. The minimum atomic E-state index is -0.325. The van der Waals surface area contributed by atoms with E-state index in [0.717, 1.165) is 28.0 Å². The molecule has 23 heavy (non-hydrogen) atoms. The molecule has 0 bridgehead atoms. The van der Waals surface area contributed by atoms with E-state index in [0.29, 0.717) is 18.6 Å². The first-order valence-electron chi connectivity index (χ1n) is 7.75. The quantitative estimate of drug-likeness (QED) is 0.692. The van der Waals surface area contributed by atoms with Crippen molar-refractivity contribution >= 4 is 16.9 Å². The Morgan fingerprint density at radius 1 is 1.22 bits per heavy atom.